The van der Waals surface area contributed by atoms with Crippen LogP contribution in [0.5, 0.6) is 0 Å². The molecule has 1 aromatic heterocycles. The minimum Gasteiger partial charge on any atom is -0.469 e. The predicted molar refractivity (Wildman–Crippen MR) is 129 cm³/mol. The van der Waals surface area contributed by atoms with Crippen molar-refractivity contribution in [1.82, 2.24) is 16.0 Å². The first-order valence-electron chi connectivity index (χ1n) is 10.7. The summed E-state index contributed by atoms with van der Waals surface area (Å²) < 4.78 is 5.40. The summed E-state index contributed by atoms with van der Waals surface area (Å²) in [4.78, 5) is 16.5. The second-order valence-corrected chi connectivity index (χ2v) is 7.90. The third-order valence-electron chi connectivity index (χ3n) is 5.56. The van der Waals surface area contributed by atoms with Gasteiger partial charge in [-0.1, -0.05) is 24.3 Å². The van der Waals surface area contributed by atoms with Crippen LogP contribution in [0.2, 0.25) is 0 Å². The monoisotopic (exact) mass is 522 g/mol. The minimum absolute atomic E-state index is 0. The van der Waals surface area contributed by atoms with E-state index in [1.807, 2.05) is 12.1 Å². The third kappa shape index (κ3) is 6.75. The summed E-state index contributed by atoms with van der Waals surface area (Å²) in [6.45, 7) is 1.93. The number of aliphatic imine (C=N–C) groups is 1. The Bertz CT molecular complexity index is 833. The number of aryl methyl sites for hydroxylation is 1. The van der Waals surface area contributed by atoms with Gasteiger partial charge in [-0.05, 0) is 55.4 Å². The van der Waals surface area contributed by atoms with Crippen molar-refractivity contribution in [3.63, 3.8) is 0 Å². The van der Waals surface area contributed by atoms with Gasteiger partial charge in [0.15, 0.2) is 5.96 Å². The average molecular weight is 522 g/mol. The number of halogens is 1. The Morgan fingerprint density at radius 1 is 1.03 bits per heavy atom. The number of fused-ring (bicyclic) bond motifs is 1. The van der Waals surface area contributed by atoms with E-state index in [1.54, 1.807) is 6.26 Å². The fourth-order valence-electron chi connectivity index (χ4n) is 3.76. The first-order chi connectivity index (χ1) is 14.3. The van der Waals surface area contributed by atoms with Gasteiger partial charge in [-0.25, -0.2) is 0 Å². The molecule has 4 rings (SSSR count). The molecule has 1 fully saturated rings. The molecule has 162 valence electrons. The Balaban J connectivity index is 0.00000256. The lowest BCUT2D eigenvalue weighted by molar-refractivity contribution is -0.122. The van der Waals surface area contributed by atoms with Crippen molar-refractivity contribution in [2.24, 2.45) is 10.9 Å². The summed E-state index contributed by atoms with van der Waals surface area (Å²) in [5.74, 6) is 2.18. The molecule has 0 saturated heterocycles. The van der Waals surface area contributed by atoms with Gasteiger partial charge in [0.1, 0.15) is 5.76 Å². The Morgan fingerprint density at radius 2 is 1.83 bits per heavy atom. The maximum Gasteiger partial charge on any atom is 0.223 e. The highest BCUT2D eigenvalue weighted by Crippen LogP contribution is 2.28. The van der Waals surface area contributed by atoms with Crippen molar-refractivity contribution < 1.29 is 9.21 Å². The van der Waals surface area contributed by atoms with E-state index < -0.39 is 0 Å². The molecule has 7 heteroatoms. The molecule has 2 aromatic rings. The number of benzene rings is 1. The Morgan fingerprint density at radius 3 is 2.60 bits per heavy atom. The first-order valence-corrected chi connectivity index (χ1v) is 10.7. The molecule has 3 N–H and O–H groups in total. The van der Waals surface area contributed by atoms with Crippen LogP contribution >= 0.6 is 24.0 Å². The molecule has 1 heterocycles. The van der Waals surface area contributed by atoms with E-state index in [2.05, 4.69) is 40.2 Å². The number of carbonyl (C=O) groups is 1. The number of nitrogens with one attached hydrogen (secondary N) is 3. The van der Waals surface area contributed by atoms with Crippen molar-refractivity contribution >= 4 is 35.8 Å². The zero-order chi connectivity index (χ0) is 19.9. The Labute approximate surface area is 195 Å². The van der Waals surface area contributed by atoms with Crippen LogP contribution in [0.1, 0.15) is 36.1 Å². The lowest BCUT2D eigenvalue weighted by Crippen LogP contribution is -2.47. The van der Waals surface area contributed by atoms with Gasteiger partial charge in [-0.3, -0.25) is 9.79 Å². The number of nitrogens with zero attached hydrogens (tertiary/aromatic N) is 1. The summed E-state index contributed by atoms with van der Waals surface area (Å²) in [6, 6.07) is 12.9. The molecule has 0 spiro atoms. The predicted octanol–water partition coefficient (Wildman–Crippen LogP) is 3.06. The van der Waals surface area contributed by atoms with E-state index in [1.165, 1.54) is 11.1 Å². The highest BCUT2D eigenvalue weighted by Gasteiger charge is 2.29. The molecule has 0 aliphatic heterocycles. The van der Waals surface area contributed by atoms with Gasteiger partial charge < -0.3 is 20.4 Å². The summed E-state index contributed by atoms with van der Waals surface area (Å²) in [5.41, 5.74) is 2.88. The van der Waals surface area contributed by atoms with Crippen molar-refractivity contribution in [3.05, 3.63) is 59.5 Å². The van der Waals surface area contributed by atoms with Crippen LogP contribution in [0.25, 0.3) is 0 Å². The minimum atomic E-state index is 0. The summed E-state index contributed by atoms with van der Waals surface area (Å²) in [7, 11) is 0. The van der Waals surface area contributed by atoms with Crippen molar-refractivity contribution in [2.75, 3.05) is 19.6 Å². The summed E-state index contributed by atoms with van der Waals surface area (Å²) in [6.07, 6.45) is 7.71. The molecule has 0 bridgehead atoms. The second-order valence-electron chi connectivity index (χ2n) is 7.90. The molecule has 2 aliphatic rings. The quantitative estimate of drug-likeness (QED) is 0.216. The molecule has 30 heavy (non-hydrogen) atoms. The van der Waals surface area contributed by atoms with Gasteiger partial charge in [0.2, 0.25) is 5.91 Å². The fraction of sp³-hybridized carbons (Fsp3) is 0.478. The molecule has 2 aliphatic carbocycles. The highest BCUT2D eigenvalue weighted by molar-refractivity contribution is 14.0. The van der Waals surface area contributed by atoms with E-state index in [0.717, 1.165) is 50.2 Å². The van der Waals surface area contributed by atoms with Gasteiger partial charge in [-0.2, -0.15) is 0 Å². The Kier molecular flexibility index (Phi) is 8.60. The number of amides is 1. The number of rotatable bonds is 8. The maximum absolute atomic E-state index is 11.8. The molecule has 1 atom stereocenters. The molecular weight excluding hydrogens is 491 g/mol. The van der Waals surface area contributed by atoms with E-state index in [-0.39, 0.29) is 35.8 Å². The third-order valence-corrected chi connectivity index (χ3v) is 5.56. The average Bonchev–Trinajstić information content (AvgIpc) is 3.47. The highest BCUT2D eigenvalue weighted by atomic mass is 127. The number of furan rings is 1. The van der Waals surface area contributed by atoms with Crippen LogP contribution in [0.15, 0.2) is 52.1 Å². The summed E-state index contributed by atoms with van der Waals surface area (Å²) in [5, 5.41) is 9.97. The van der Waals surface area contributed by atoms with Crippen molar-refractivity contribution in [3.8, 4) is 0 Å². The zero-order valence-electron chi connectivity index (χ0n) is 17.2. The molecule has 6 nitrogen and oxygen atoms in total. The smallest absolute Gasteiger partial charge is 0.223 e. The van der Waals surface area contributed by atoms with Gasteiger partial charge in [0.25, 0.3) is 0 Å². The summed E-state index contributed by atoms with van der Waals surface area (Å²) >= 11 is 0. The van der Waals surface area contributed by atoms with Crippen molar-refractivity contribution in [2.45, 2.75) is 44.6 Å². The number of hydrogen-bond donors (Lipinski definition) is 3. The lowest BCUT2D eigenvalue weighted by atomic mass is 9.88. The normalized spacial score (nSPS) is 18.1. The van der Waals surface area contributed by atoms with E-state index in [0.29, 0.717) is 25.7 Å². The van der Waals surface area contributed by atoms with Crippen LogP contribution in [-0.4, -0.2) is 37.5 Å². The number of carbonyl (C=O) groups excluding carboxylic acids is 1. The van der Waals surface area contributed by atoms with Crippen molar-refractivity contribution in [1.29, 1.82) is 0 Å². The largest absolute Gasteiger partial charge is 0.469 e. The first kappa shape index (κ1) is 22.7. The van der Waals surface area contributed by atoms with Crippen LogP contribution in [0.4, 0.5) is 0 Å². The Hall–Kier alpha value is -2.03. The lowest BCUT2D eigenvalue weighted by Gasteiger charge is -2.27. The van der Waals surface area contributed by atoms with Crippen LogP contribution in [0, 0.1) is 5.92 Å². The number of guanidine groups is 1. The standard InChI is InChI=1S/C23H30N4O2.HI/c28-22(18-7-8-18)24-13-14-26-23(25-12-11-21-6-3-15-29-21)27-20-10-9-17-4-1-2-5-19(17)16-20;/h1-6,15,18,20H,7-14,16H2,(H,24,28)(H2,25,26,27);1H. The molecule has 1 amide bonds. The van der Waals surface area contributed by atoms with Gasteiger partial charge in [-0.15, -0.1) is 24.0 Å². The van der Waals surface area contributed by atoms with Crippen LogP contribution in [0.3, 0.4) is 0 Å². The molecule has 1 unspecified atom stereocenters. The zero-order valence-corrected chi connectivity index (χ0v) is 19.6. The van der Waals surface area contributed by atoms with E-state index in [9.17, 15) is 4.79 Å². The van der Waals surface area contributed by atoms with E-state index >= 15 is 0 Å². The van der Waals surface area contributed by atoms with Gasteiger partial charge >= 0.3 is 0 Å². The molecule has 1 aromatic carbocycles. The topological polar surface area (TPSA) is 78.7 Å². The molecule has 0 radical (unpaired) electrons. The molecular formula is C23H31IN4O2. The van der Waals surface area contributed by atoms with E-state index in [4.69, 9.17) is 9.41 Å². The van der Waals surface area contributed by atoms with Crippen LogP contribution < -0.4 is 16.0 Å². The SMILES string of the molecule is I.O=C(NCCNC(=NCCc1ccco1)NC1CCc2ccccc2C1)C1CC1. The maximum atomic E-state index is 11.8. The van der Waals surface area contributed by atoms with Gasteiger partial charge in [0, 0.05) is 38.0 Å². The number of hydrogen-bond acceptors (Lipinski definition) is 3. The fourth-order valence-corrected chi connectivity index (χ4v) is 3.76. The second kappa shape index (κ2) is 11.4. The molecule has 1 saturated carbocycles. The van der Waals surface area contributed by atoms with Gasteiger partial charge in [0.05, 0.1) is 6.26 Å². The van der Waals surface area contributed by atoms with Crippen LogP contribution in [-0.2, 0) is 24.1 Å².